The van der Waals surface area contributed by atoms with Crippen molar-refractivity contribution < 1.29 is 0 Å². The highest BCUT2D eigenvalue weighted by Crippen LogP contribution is 2.30. The number of nitrogens with zero attached hydrogens (tertiary/aromatic N) is 3. The van der Waals surface area contributed by atoms with E-state index in [1.54, 1.807) is 0 Å². The van der Waals surface area contributed by atoms with Gasteiger partial charge < -0.3 is 10.2 Å². The lowest BCUT2D eigenvalue weighted by atomic mass is 9.92. The maximum absolute atomic E-state index is 4.79. The summed E-state index contributed by atoms with van der Waals surface area (Å²) >= 11 is 0. The number of piperidine rings is 1. The van der Waals surface area contributed by atoms with Gasteiger partial charge in [-0.1, -0.05) is 25.7 Å². The van der Waals surface area contributed by atoms with E-state index in [9.17, 15) is 0 Å². The molecule has 3 fully saturated rings. The zero-order valence-corrected chi connectivity index (χ0v) is 12.1. The second kappa shape index (κ2) is 5.35. The van der Waals surface area contributed by atoms with Crippen LogP contribution in [-0.4, -0.2) is 40.9 Å². The van der Waals surface area contributed by atoms with Crippen molar-refractivity contribution >= 4 is 5.95 Å². The molecule has 1 saturated carbocycles. The van der Waals surface area contributed by atoms with Crippen molar-refractivity contribution in [1.29, 1.82) is 0 Å². The van der Waals surface area contributed by atoms with E-state index in [0.29, 0.717) is 6.04 Å². The van der Waals surface area contributed by atoms with Gasteiger partial charge in [0.05, 0.1) is 0 Å². The zero-order valence-electron chi connectivity index (χ0n) is 12.1. The van der Waals surface area contributed by atoms with Crippen LogP contribution in [0.3, 0.4) is 0 Å². The standard InChI is InChI=1S/C15H25N5/c1-2-5-11(4-1)8-14-17-15(19-18-14)20-7-3-6-12-9-16-10-13(12)20/h11-13,16H,1-10H2,(H,17,18,19). The lowest BCUT2D eigenvalue weighted by Gasteiger charge is -2.36. The first-order chi connectivity index (χ1) is 9.90. The van der Waals surface area contributed by atoms with Crippen molar-refractivity contribution in [2.75, 3.05) is 24.5 Å². The minimum absolute atomic E-state index is 0.610. The minimum Gasteiger partial charge on any atom is -0.335 e. The minimum atomic E-state index is 0.610. The predicted molar refractivity (Wildman–Crippen MR) is 78.8 cm³/mol. The Morgan fingerprint density at radius 2 is 2.00 bits per heavy atom. The van der Waals surface area contributed by atoms with Crippen LogP contribution in [0, 0.1) is 11.8 Å². The van der Waals surface area contributed by atoms with Gasteiger partial charge in [-0.3, -0.25) is 5.10 Å². The number of nitrogens with one attached hydrogen (secondary N) is 2. The Morgan fingerprint density at radius 1 is 1.10 bits per heavy atom. The van der Waals surface area contributed by atoms with Gasteiger partial charge in [0.25, 0.3) is 0 Å². The summed E-state index contributed by atoms with van der Waals surface area (Å²) in [6, 6.07) is 0.610. The lowest BCUT2D eigenvalue weighted by Crippen LogP contribution is -2.45. The third kappa shape index (κ3) is 2.32. The molecular formula is C15H25N5. The van der Waals surface area contributed by atoms with Gasteiger partial charge in [0.2, 0.25) is 5.95 Å². The van der Waals surface area contributed by atoms with Gasteiger partial charge in [-0.2, -0.15) is 4.98 Å². The summed E-state index contributed by atoms with van der Waals surface area (Å²) in [6.07, 6.45) is 9.25. The smallest absolute Gasteiger partial charge is 0.245 e. The molecule has 0 aromatic carbocycles. The van der Waals surface area contributed by atoms with Gasteiger partial charge in [0, 0.05) is 32.1 Å². The highest BCUT2D eigenvalue weighted by Gasteiger charge is 2.36. The zero-order chi connectivity index (χ0) is 13.4. The molecule has 0 spiro atoms. The summed E-state index contributed by atoms with van der Waals surface area (Å²) in [7, 11) is 0. The number of hydrogen-bond acceptors (Lipinski definition) is 4. The quantitative estimate of drug-likeness (QED) is 0.882. The number of aromatic nitrogens is 3. The Morgan fingerprint density at radius 3 is 2.90 bits per heavy atom. The largest absolute Gasteiger partial charge is 0.335 e. The van der Waals surface area contributed by atoms with Gasteiger partial charge in [-0.25, -0.2) is 0 Å². The van der Waals surface area contributed by atoms with Crippen LogP contribution in [0.1, 0.15) is 44.3 Å². The predicted octanol–water partition coefficient (Wildman–Crippen LogP) is 1.73. The number of rotatable bonds is 3. The summed E-state index contributed by atoms with van der Waals surface area (Å²) in [5.74, 6) is 3.66. The monoisotopic (exact) mass is 275 g/mol. The summed E-state index contributed by atoms with van der Waals surface area (Å²) in [6.45, 7) is 3.38. The molecule has 0 radical (unpaired) electrons. The SMILES string of the molecule is C1CCC(Cc2nc(N3CCCC4CNCC43)n[nH]2)C1. The summed E-state index contributed by atoms with van der Waals surface area (Å²) in [5, 5.41) is 11.2. The first kappa shape index (κ1) is 12.6. The van der Waals surface area contributed by atoms with Crippen LogP contribution in [0.2, 0.25) is 0 Å². The van der Waals surface area contributed by atoms with Gasteiger partial charge >= 0.3 is 0 Å². The van der Waals surface area contributed by atoms with Crippen molar-refractivity contribution in [3.8, 4) is 0 Å². The normalized spacial score (nSPS) is 30.9. The van der Waals surface area contributed by atoms with Crippen LogP contribution in [0.15, 0.2) is 0 Å². The molecule has 1 aromatic rings. The third-order valence-corrected chi connectivity index (χ3v) is 5.41. The molecular weight excluding hydrogens is 250 g/mol. The Hall–Kier alpha value is -1.10. The Bertz CT molecular complexity index is 451. The molecule has 2 atom stereocenters. The van der Waals surface area contributed by atoms with Crippen LogP contribution in [0.5, 0.6) is 0 Å². The number of hydrogen-bond donors (Lipinski definition) is 2. The van der Waals surface area contributed by atoms with Crippen LogP contribution >= 0.6 is 0 Å². The molecule has 110 valence electrons. The van der Waals surface area contributed by atoms with Gasteiger partial charge in [0.15, 0.2) is 0 Å². The molecule has 1 aliphatic carbocycles. The second-order valence-corrected chi connectivity index (χ2v) is 6.76. The van der Waals surface area contributed by atoms with Crippen LogP contribution in [0.25, 0.3) is 0 Å². The highest BCUT2D eigenvalue weighted by atomic mass is 15.4. The summed E-state index contributed by atoms with van der Waals surface area (Å²) in [4.78, 5) is 7.22. The molecule has 2 unspecified atom stereocenters. The van der Waals surface area contributed by atoms with E-state index in [4.69, 9.17) is 4.98 Å². The topological polar surface area (TPSA) is 56.8 Å². The Balaban J connectivity index is 1.46. The molecule has 5 nitrogen and oxygen atoms in total. The average molecular weight is 275 g/mol. The highest BCUT2D eigenvalue weighted by molar-refractivity contribution is 5.33. The molecule has 0 amide bonds. The third-order valence-electron chi connectivity index (χ3n) is 5.41. The van der Waals surface area contributed by atoms with Gasteiger partial charge in [0.1, 0.15) is 5.82 Å². The van der Waals surface area contributed by atoms with Crippen LogP contribution < -0.4 is 10.2 Å². The molecule has 2 saturated heterocycles. The first-order valence-corrected chi connectivity index (χ1v) is 8.29. The fourth-order valence-electron chi connectivity index (χ4n) is 4.31. The molecule has 3 aliphatic rings. The van der Waals surface area contributed by atoms with E-state index in [1.807, 2.05) is 0 Å². The fourth-order valence-corrected chi connectivity index (χ4v) is 4.31. The molecule has 1 aromatic heterocycles. The van der Waals surface area contributed by atoms with Crippen molar-refractivity contribution in [2.45, 2.75) is 51.0 Å². The Labute approximate surface area is 120 Å². The van der Waals surface area contributed by atoms with E-state index >= 15 is 0 Å². The number of H-pyrrole nitrogens is 1. The molecule has 20 heavy (non-hydrogen) atoms. The average Bonchev–Trinajstić information content (AvgIpc) is 3.19. The van der Waals surface area contributed by atoms with E-state index in [0.717, 1.165) is 43.1 Å². The number of aromatic amines is 1. The lowest BCUT2D eigenvalue weighted by molar-refractivity contribution is 0.381. The maximum atomic E-state index is 4.79. The van der Waals surface area contributed by atoms with E-state index in [-0.39, 0.29) is 0 Å². The number of fused-ring (bicyclic) bond motifs is 1. The van der Waals surface area contributed by atoms with E-state index < -0.39 is 0 Å². The summed E-state index contributed by atoms with van der Waals surface area (Å²) < 4.78 is 0. The van der Waals surface area contributed by atoms with E-state index in [1.165, 1.54) is 45.1 Å². The fraction of sp³-hybridized carbons (Fsp3) is 0.867. The Kier molecular flexibility index (Phi) is 3.38. The molecule has 2 aliphatic heterocycles. The van der Waals surface area contributed by atoms with Crippen LogP contribution in [0.4, 0.5) is 5.95 Å². The molecule has 0 bridgehead atoms. The van der Waals surface area contributed by atoms with Gasteiger partial charge in [-0.15, -0.1) is 5.10 Å². The van der Waals surface area contributed by atoms with Gasteiger partial charge in [-0.05, 0) is 24.7 Å². The molecule has 5 heteroatoms. The maximum Gasteiger partial charge on any atom is 0.245 e. The first-order valence-electron chi connectivity index (χ1n) is 8.29. The summed E-state index contributed by atoms with van der Waals surface area (Å²) in [5.41, 5.74) is 0. The van der Waals surface area contributed by atoms with Crippen molar-refractivity contribution in [1.82, 2.24) is 20.5 Å². The molecule has 3 heterocycles. The van der Waals surface area contributed by atoms with Crippen LogP contribution in [-0.2, 0) is 6.42 Å². The van der Waals surface area contributed by atoms with Crippen molar-refractivity contribution in [3.63, 3.8) is 0 Å². The molecule has 4 rings (SSSR count). The number of anilines is 1. The van der Waals surface area contributed by atoms with Crippen molar-refractivity contribution in [2.24, 2.45) is 11.8 Å². The molecule has 2 N–H and O–H groups in total. The van der Waals surface area contributed by atoms with Crippen molar-refractivity contribution in [3.05, 3.63) is 5.82 Å². The second-order valence-electron chi connectivity index (χ2n) is 6.76. The van der Waals surface area contributed by atoms with E-state index in [2.05, 4.69) is 20.4 Å².